The molecule has 0 bridgehead atoms. The van der Waals surface area contributed by atoms with Crippen LogP contribution in [0.2, 0.25) is 0 Å². The Balaban J connectivity index is 0.000000330. The lowest BCUT2D eigenvalue weighted by molar-refractivity contribution is 0.344. The molecular weight excluding hydrogens is 372 g/mol. The third-order valence-electron chi connectivity index (χ3n) is 8.18. The Hall–Kier alpha value is -1.56. The Labute approximate surface area is 192 Å². The van der Waals surface area contributed by atoms with Gasteiger partial charge in [-0.1, -0.05) is 67.8 Å². The molecule has 2 saturated carbocycles. The third-order valence-corrected chi connectivity index (χ3v) is 8.18. The summed E-state index contributed by atoms with van der Waals surface area (Å²) in [5.74, 6) is 1.49. The van der Waals surface area contributed by atoms with Gasteiger partial charge in [0.25, 0.3) is 0 Å². The summed E-state index contributed by atoms with van der Waals surface area (Å²) in [6.07, 6.45) is 19.0. The van der Waals surface area contributed by atoms with E-state index in [0.717, 1.165) is 5.92 Å². The van der Waals surface area contributed by atoms with Gasteiger partial charge < -0.3 is 0 Å². The monoisotopic (exact) mass is 418 g/mol. The zero-order valence-corrected chi connectivity index (χ0v) is 21.0. The van der Waals surface area contributed by atoms with Crippen LogP contribution in [0.25, 0.3) is 0 Å². The molecule has 0 heteroatoms. The number of aryl methyl sites for hydroxylation is 2. The number of fused-ring (bicyclic) bond motifs is 1. The summed E-state index contributed by atoms with van der Waals surface area (Å²) in [6.45, 7) is 15.5. The van der Waals surface area contributed by atoms with Gasteiger partial charge in [0, 0.05) is 0 Å². The molecule has 1 aromatic carbocycles. The van der Waals surface area contributed by atoms with Crippen molar-refractivity contribution < 1.29 is 0 Å². The molecular formula is C31H46. The topological polar surface area (TPSA) is 0 Å². The standard InChI is InChI=1S/C24H34.C7H12/c1-5-20-13-11-18(16-21(20)6-2)9-10-19-12-14-23-22(17-19)8-7-15-24(23,3)4;1-3-6(2)7-4-5-7/h5-6,12,14,17-18,21H,2,7-11,13,15-16H2,1,3-4H3;3-5H2,1-2H3/b20-5-;. The predicted molar refractivity (Wildman–Crippen MR) is 138 cm³/mol. The molecule has 4 rings (SSSR count). The first-order chi connectivity index (χ1) is 14.9. The van der Waals surface area contributed by atoms with Crippen LogP contribution in [0.15, 0.2) is 53.6 Å². The summed E-state index contributed by atoms with van der Waals surface area (Å²) < 4.78 is 0. The van der Waals surface area contributed by atoms with Crippen LogP contribution < -0.4 is 0 Å². The molecule has 0 N–H and O–H groups in total. The van der Waals surface area contributed by atoms with Crippen LogP contribution in [0.5, 0.6) is 0 Å². The van der Waals surface area contributed by atoms with E-state index in [2.05, 4.69) is 71.5 Å². The Morgan fingerprint density at radius 3 is 2.55 bits per heavy atom. The van der Waals surface area contributed by atoms with Crippen molar-refractivity contribution in [2.45, 2.75) is 111 Å². The second-order valence-electron chi connectivity index (χ2n) is 10.9. The molecule has 0 radical (unpaired) electrons. The maximum atomic E-state index is 4.06. The molecule has 1 aromatic rings. The minimum absolute atomic E-state index is 0.371. The average Bonchev–Trinajstić information content (AvgIpc) is 3.62. The normalized spacial score (nSPS) is 25.3. The highest BCUT2D eigenvalue weighted by molar-refractivity contribution is 5.39. The predicted octanol–water partition coefficient (Wildman–Crippen LogP) is 9.29. The third kappa shape index (κ3) is 6.47. The van der Waals surface area contributed by atoms with E-state index >= 15 is 0 Å². The van der Waals surface area contributed by atoms with Crippen molar-refractivity contribution in [2.75, 3.05) is 0 Å². The summed E-state index contributed by atoms with van der Waals surface area (Å²) in [5.41, 5.74) is 10.1. The number of hydrogen-bond donors (Lipinski definition) is 0. The van der Waals surface area contributed by atoms with Gasteiger partial charge in [-0.2, -0.15) is 0 Å². The van der Waals surface area contributed by atoms with E-state index in [1.54, 1.807) is 33.4 Å². The average molecular weight is 419 g/mol. The molecule has 0 saturated heterocycles. The lowest BCUT2D eigenvalue weighted by Gasteiger charge is -2.33. The van der Waals surface area contributed by atoms with Gasteiger partial charge in [0.2, 0.25) is 0 Å². The summed E-state index contributed by atoms with van der Waals surface area (Å²) in [5, 5.41) is 0. The molecule has 2 fully saturated rings. The lowest BCUT2D eigenvalue weighted by Crippen LogP contribution is -2.23. The fraction of sp³-hybridized carbons (Fsp3) is 0.613. The van der Waals surface area contributed by atoms with Crippen LogP contribution in [0.1, 0.15) is 109 Å². The maximum Gasteiger partial charge on any atom is -0.00234 e. The van der Waals surface area contributed by atoms with Crippen molar-refractivity contribution in [3.63, 3.8) is 0 Å². The van der Waals surface area contributed by atoms with Crippen molar-refractivity contribution in [2.24, 2.45) is 11.8 Å². The van der Waals surface area contributed by atoms with E-state index in [9.17, 15) is 0 Å². The molecule has 2 atom stereocenters. The highest BCUT2D eigenvalue weighted by atomic mass is 14.3. The second-order valence-corrected chi connectivity index (χ2v) is 10.9. The number of rotatable bonds is 5. The van der Waals surface area contributed by atoms with E-state index in [-0.39, 0.29) is 0 Å². The Morgan fingerprint density at radius 1 is 1.16 bits per heavy atom. The summed E-state index contributed by atoms with van der Waals surface area (Å²) >= 11 is 0. The van der Waals surface area contributed by atoms with Gasteiger partial charge in [0.15, 0.2) is 0 Å². The smallest absolute Gasteiger partial charge is 0.00234 e. The van der Waals surface area contributed by atoms with Crippen LogP contribution >= 0.6 is 0 Å². The molecule has 3 aliphatic rings. The van der Waals surface area contributed by atoms with Gasteiger partial charge in [0.1, 0.15) is 0 Å². The van der Waals surface area contributed by atoms with Crippen LogP contribution in [0, 0.1) is 11.8 Å². The highest BCUT2D eigenvalue weighted by Gasteiger charge is 2.27. The van der Waals surface area contributed by atoms with Crippen LogP contribution in [-0.2, 0) is 18.3 Å². The molecule has 0 nitrogen and oxygen atoms in total. The van der Waals surface area contributed by atoms with Crippen molar-refractivity contribution in [1.29, 1.82) is 0 Å². The minimum atomic E-state index is 0.371. The fourth-order valence-electron chi connectivity index (χ4n) is 5.69. The molecule has 31 heavy (non-hydrogen) atoms. The van der Waals surface area contributed by atoms with Crippen LogP contribution in [-0.4, -0.2) is 0 Å². The molecule has 0 spiro atoms. The van der Waals surface area contributed by atoms with E-state index in [4.69, 9.17) is 0 Å². The van der Waals surface area contributed by atoms with Crippen molar-refractivity contribution in [3.05, 3.63) is 70.3 Å². The zero-order valence-electron chi connectivity index (χ0n) is 21.0. The van der Waals surface area contributed by atoms with Gasteiger partial charge in [-0.25, -0.2) is 0 Å². The van der Waals surface area contributed by atoms with Crippen LogP contribution in [0.4, 0.5) is 0 Å². The molecule has 170 valence electrons. The Bertz CT molecular complexity index is 810. The lowest BCUT2D eigenvalue weighted by atomic mass is 9.72. The van der Waals surface area contributed by atoms with Crippen molar-refractivity contribution >= 4 is 0 Å². The molecule has 0 heterocycles. The first-order valence-electron chi connectivity index (χ1n) is 12.9. The van der Waals surface area contributed by atoms with E-state index in [1.165, 1.54) is 70.6 Å². The Kier molecular flexibility index (Phi) is 8.43. The largest absolute Gasteiger partial charge is 0.102 e. The Morgan fingerprint density at radius 2 is 1.94 bits per heavy atom. The van der Waals surface area contributed by atoms with Crippen molar-refractivity contribution in [1.82, 2.24) is 0 Å². The van der Waals surface area contributed by atoms with Gasteiger partial charge in [-0.15, -0.1) is 6.58 Å². The molecule has 3 aliphatic carbocycles. The summed E-state index contributed by atoms with van der Waals surface area (Å²) in [6, 6.07) is 7.34. The molecule has 0 aromatic heterocycles. The summed E-state index contributed by atoms with van der Waals surface area (Å²) in [4.78, 5) is 0. The van der Waals surface area contributed by atoms with E-state index in [1.807, 2.05) is 0 Å². The first kappa shape index (κ1) is 24.1. The van der Waals surface area contributed by atoms with E-state index in [0.29, 0.717) is 11.3 Å². The van der Waals surface area contributed by atoms with E-state index < -0.39 is 0 Å². The van der Waals surface area contributed by atoms with Gasteiger partial charge >= 0.3 is 0 Å². The number of hydrogen-bond acceptors (Lipinski definition) is 0. The molecule has 2 unspecified atom stereocenters. The van der Waals surface area contributed by atoms with Gasteiger partial charge in [-0.3, -0.25) is 0 Å². The molecule has 0 amide bonds. The summed E-state index contributed by atoms with van der Waals surface area (Å²) in [7, 11) is 0. The highest BCUT2D eigenvalue weighted by Crippen LogP contribution is 2.39. The molecule has 0 aliphatic heterocycles. The fourth-order valence-corrected chi connectivity index (χ4v) is 5.69. The van der Waals surface area contributed by atoms with Crippen molar-refractivity contribution in [3.8, 4) is 0 Å². The number of allylic oxidation sites excluding steroid dienone is 5. The second kappa shape index (κ2) is 10.8. The zero-order chi connectivity index (χ0) is 22.4. The van der Waals surface area contributed by atoms with Gasteiger partial charge in [-0.05, 0) is 118 Å². The van der Waals surface area contributed by atoms with Gasteiger partial charge in [0.05, 0.1) is 0 Å². The first-order valence-corrected chi connectivity index (χ1v) is 12.9. The quantitative estimate of drug-likeness (QED) is 0.418. The maximum absolute atomic E-state index is 4.06. The minimum Gasteiger partial charge on any atom is -0.102 e. The SMILES string of the molecule is C=CC1CC(CCc2ccc3c(c2)CCCC3(C)C)CC/C1=C/C.CCC(C)=C1CC1. The van der Waals surface area contributed by atoms with Crippen LogP contribution in [0.3, 0.4) is 0 Å². The number of benzene rings is 1.